The van der Waals surface area contributed by atoms with E-state index >= 15 is 0 Å². The summed E-state index contributed by atoms with van der Waals surface area (Å²) in [5, 5.41) is 22.8. The van der Waals surface area contributed by atoms with Crippen molar-refractivity contribution in [2.75, 3.05) is 11.9 Å². The van der Waals surface area contributed by atoms with Gasteiger partial charge in [0, 0.05) is 17.8 Å². The molecule has 6 heteroatoms. The van der Waals surface area contributed by atoms with E-state index in [4.69, 9.17) is 4.74 Å². The van der Waals surface area contributed by atoms with Gasteiger partial charge in [-0.25, -0.2) is 0 Å². The maximum absolute atomic E-state index is 10.6. The van der Waals surface area contributed by atoms with Crippen LogP contribution in [0.2, 0.25) is 0 Å². The second-order valence-corrected chi connectivity index (χ2v) is 5.02. The SMILES string of the molecule is CCCOc1ccc(C=C(C#N)Nc2ccc([N+](=O)[O-])cc2)cc1. The molecule has 6 nitrogen and oxygen atoms in total. The van der Waals surface area contributed by atoms with Crippen LogP contribution in [0.1, 0.15) is 18.9 Å². The Morgan fingerprint density at radius 2 is 1.92 bits per heavy atom. The predicted molar refractivity (Wildman–Crippen MR) is 92.5 cm³/mol. The Balaban J connectivity index is 2.08. The number of nitro benzene ring substituents is 1. The molecule has 2 aromatic rings. The highest BCUT2D eigenvalue weighted by molar-refractivity contribution is 5.65. The Kier molecular flexibility index (Phi) is 5.92. The second kappa shape index (κ2) is 8.34. The van der Waals surface area contributed by atoms with Crippen molar-refractivity contribution in [2.24, 2.45) is 0 Å². The van der Waals surface area contributed by atoms with Gasteiger partial charge in [0.1, 0.15) is 17.5 Å². The zero-order chi connectivity index (χ0) is 17.4. The van der Waals surface area contributed by atoms with Crippen molar-refractivity contribution in [1.29, 1.82) is 5.26 Å². The first-order valence-corrected chi connectivity index (χ1v) is 7.48. The van der Waals surface area contributed by atoms with Gasteiger partial charge < -0.3 is 10.1 Å². The van der Waals surface area contributed by atoms with E-state index in [9.17, 15) is 15.4 Å². The first-order valence-electron chi connectivity index (χ1n) is 7.48. The Labute approximate surface area is 140 Å². The summed E-state index contributed by atoms with van der Waals surface area (Å²) in [5.41, 5.74) is 1.80. The average molecular weight is 323 g/mol. The maximum atomic E-state index is 10.6. The monoisotopic (exact) mass is 323 g/mol. The summed E-state index contributed by atoms with van der Waals surface area (Å²) >= 11 is 0. The molecule has 0 aliphatic heterocycles. The highest BCUT2D eigenvalue weighted by atomic mass is 16.6. The maximum Gasteiger partial charge on any atom is 0.269 e. The van der Waals surface area contributed by atoms with Crippen LogP contribution in [-0.4, -0.2) is 11.5 Å². The van der Waals surface area contributed by atoms with Gasteiger partial charge in [-0.2, -0.15) is 5.26 Å². The lowest BCUT2D eigenvalue weighted by Crippen LogP contribution is -1.98. The molecule has 0 bridgehead atoms. The van der Waals surface area contributed by atoms with Crippen molar-refractivity contribution >= 4 is 17.5 Å². The lowest BCUT2D eigenvalue weighted by atomic mass is 10.2. The van der Waals surface area contributed by atoms with Crippen LogP contribution in [0.15, 0.2) is 54.2 Å². The number of ether oxygens (including phenoxy) is 1. The molecular weight excluding hydrogens is 306 g/mol. The Morgan fingerprint density at radius 1 is 1.25 bits per heavy atom. The molecule has 0 saturated carbocycles. The summed E-state index contributed by atoms with van der Waals surface area (Å²) in [6, 6.07) is 15.4. The average Bonchev–Trinajstić information content (AvgIpc) is 2.61. The number of nitrogens with one attached hydrogen (secondary N) is 1. The number of hydrogen-bond donors (Lipinski definition) is 1. The van der Waals surface area contributed by atoms with Gasteiger partial charge in [-0.05, 0) is 42.3 Å². The number of anilines is 1. The van der Waals surface area contributed by atoms with Crippen LogP contribution in [0.4, 0.5) is 11.4 Å². The number of hydrogen-bond acceptors (Lipinski definition) is 5. The van der Waals surface area contributed by atoms with Gasteiger partial charge in [0.25, 0.3) is 5.69 Å². The van der Waals surface area contributed by atoms with Crippen LogP contribution >= 0.6 is 0 Å². The van der Waals surface area contributed by atoms with Gasteiger partial charge in [0.05, 0.1) is 11.5 Å². The molecule has 2 rings (SSSR count). The minimum atomic E-state index is -0.465. The predicted octanol–water partition coefficient (Wildman–Crippen LogP) is 4.36. The molecule has 122 valence electrons. The molecule has 0 radical (unpaired) electrons. The van der Waals surface area contributed by atoms with Crippen LogP contribution in [0.25, 0.3) is 6.08 Å². The molecule has 0 aliphatic rings. The quantitative estimate of drug-likeness (QED) is 0.464. The molecule has 0 spiro atoms. The smallest absolute Gasteiger partial charge is 0.269 e. The van der Waals surface area contributed by atoms with Gasteiger partial charge >= 0.3 is 0 Å². The Morgan fingerprint density at radius 3 is 2.46 bits per heavy atom. The Hall–Kier alpha value is -3.33. The minimum Gasteiger partial charge on any atom is -0.494 e. The van der Waals surface area contributed by atoms with E-state index in [0.717, 1.165) is 17.7 Å². The lowest BCUT2D eigenvalue weighted by molar-refractivity contribution is -0.384. The van der Waals surface area contributed by atoms with E-state index in [0.29, 0.717) is 18.0 Å². The molecule has 0 heterocycles. The summed E-state index contributed by atoms with van der Waals surface area (Å²) < 4.78 is 5.51. The molecule has 0 unspecified atom stereocenters. The molecule has 0 atom stereocenters. The molecular formula is C18H17N3O3. The number of non-ortho nitro benzene ring substituents is 1. The highest BCUT2D eigenvalue weighted by Crippen LogP contribution is 2.19. The topological polar surface area (TPSA) is 88.2 Å². The summed E-state index contributed by atoms with van der Waals surface area (Å²) in [7, 11) is 0. The van der Waals surface area contributed by atoms with E-state index in [-0.39, 0.29) is 5.69 Å². The molecule has 0 aliphatic carbocycles. The van der Waals surface area contributed by atoms with E-state index in [2.05, 4.69) is 11.4 Å². The van der Waals surface area contributed by atoms with Crippen molar-refractivity contribution < 1.29 is 9.66 Å². The molecule has 0 fully saturated rings. The van der Waals surface area contributed by atoms with E-state index < -0.39 is 4.92 Å². The fourth-order valence-electron chi connectivity index (χ4n) is 1.97. The third kappa shape index (κ3) is 4.85. The first kappa shape index (κ1) is 17.0. The first-order chi connectivity index (χ1) is 11.6. The fourth-order valence-corrected chi connectivity index (χ4v) is 1.97. The van der Waals surface area contributed by atoms with Gasteiger partial charge in [0.15, 0.2) is 0 Å². The minimum absolute atomic E-state index is 0.00528. The normalized spacial score (nSPS) is 10.8. The van der Waals surface area contributed by atoms with Crippen LogP contribution < -0.4 is 10.1 Å². The van der Waals surface area contributed by atoms with Crippen molar-refractivity contribution in [3.05, 3.63) is 69.9 Å². The van der Waals surface area contributed by atoms with Crippen LogP contribution in [0, 0.1) is 21.4 Å². The standard InChI is InChI=1S/C18H17N3O3/c1-2-11-24-18-9-3-14(4-10-18)12-16(13-19)20-15-5-7-17(8-6-15)21(22)23/h3-10,12,20H,2,11H2,1H3. The third-order valence-corrected chi connectivity index (χ3v) is 3.14. The molecule has 1 N–H and O–H groups in total. The number of rotatable bonds is 7. The fraction of sp³-hybridized carbons (Fsp3) is 0.167. The molecule has 0 saturated heterocycles. The van der Waals surface area contributed by atoms with Crippen molar-refractivity contribution in [3.8, 4) is 11.8 Å². The van der Waals surface area contributed by atoms with Gasteiger partial charge in [-0.1, -0.05) is 19.1 Å². The van der Waals surface area contributed by atoms with Crippen LogP contribution in [0.5, 0.6) is 5.75 Å². The van der Waals surface area contributed by atoms with Crippen molar-refractivity contribution in [3.63, 3.8) is 0 Å². The lowest BCUT2D eigenvalue weighted by Gasteiger charge is -2.06. The van der Waals surface area contributed by atoms with E-state index in [1.807, 2.05) is 31.2 Å². The van der Waals surface area contributed by atoms with Crippen molar-refractivity contribution in [2.45, 2.75) is 13.3 Å². The van der Waals surface area contributed by atoms with Crippen molar-refractivity contribution in [1.82, 2.24) is 0 Å². The molecule has 24 heavy (non-hydrogen) atoms. The van der Waals surface area contributed by atoms with Crippen LogP contribution in [-0.2, 0) is 0 Å². The number of allylic oxidation sites excluding steroid dienone is 1. The number of nitro groups is 1. The van der Waals surface area contributed by atoms with Gasteiger partial charge in [0.2, 0.25) is 0 Å². The summed E-state index contributed by atoms with van der Waals surface area (Å²) in [5.74, 6) is 0.788. The number of nitriles is 1. The number of benzene rings is 2. The summed E-state index contributed by atoms with van der Waals surface area (Å²) in [4.78, 5) is 10.2. The zero-order valence-corrected chi connectivity index (χ0v) is 13.2. The second-order valence-electron chi connectivity index (χ2n) is 5.02. The van der Waals surface area contributed by atoms with Crippen LogP contribution in [0.3, 0.4) is 0 Å². The van der Waals surface area contributed by atoms with E-state index in [1.165, 1.54) is 12.1 Å². The number of nitrogens with zero attached hydrogens (tertiary/aromatic N) is 2. The highest BCUT2D eigenvalue weighted by Gasteiger charge is 2.05. The zero-order valence-electron chi connectivity index (χ0n) is 13.2. The molecule has 0 aromatic heterocycles. The van der Waals surface area contributed by atoms with E-state index in [1.54, 1.807) is 18.2 Å². The summed E-state index contributed by atoms with van der Waals surface area (Å²) in [6.45, 7) is 2.71. The van der Waals surface area contributed by atoms with Gasteiger partial charge in [-0.15, -0.1) is 0 Å². The van der Waals surface area contributed by atoms with Gasteiger partial charge in [-0.3, -0.25) is 10.1 Å². The third-order valence-electron chi connectivity index (χ3n) is 3.14. The summed E-state index contributed by atoms with van der Waals surface area (Å²) in [6.07, 6.45) is 2.64. The Bertz CT molecular complexity index is 760. The molecule has 2 aromatic carbocycles. The molecule has 0 amide bonds. The largest absolute Gasteiger partial charge is 0.494 e.